The molecule has 0 radical (unpaired) electrons. The maximum Gasteiger partial charge on any atom is 0.0630 e. The summed E-state index contributed by atoms with van der Waals surface area (Å²) in [6.45, 7) is 10.9. The third kappa shape index (κ3) is 8.82. The fourth-order valence-electron chi connectivity index (χ4n) is 2.30. The Morgan fingerprint density at radius 3 is 2.64 bits per heavy atom. The molecule has 136 valence electrons. The van der Waals surface area contributed by atoms with Gasteiger partial charge in [0.05, 0.1) is 5.92 Å². The van der Waals surface area contributed by atoms with Crippen LogP contribution in [0.5, 0.6) is 0 Å². The number of hydrogen-bond donors (Lipinski definition) is 1. The van der Waals surface area contributed by atoms with Crippen molar-refractivity contribution < 1.29 is 0 Å². The molecule has 0 saturated carbocycles. The molecule has 0 bridgehead atoms. The van der Waals surface area contributed by atoms with Gasteiger partial charge < -0.3 is 5.32 Å². The summed E-state index contributed by atoms with van der Waals surface area (Å²) in [5.74, 6) is 3.87. The standard InChI is InChI=1S/C21H27NS.C2H6/c1-5-8-11-17-23-21-15-10-9-13-20(21)19(14-12-16-22-4)18(6-2)7-3;1-2/h2,5,7-10,13-15,18,22H,3,11-12,16-17H2,1,4H3;1-2H3/b8-5-,19-14-;. The molecule has 1 nitrogen and oxygen atoms in total. The summed E-state index contributed by atoms with van der Waals surface area (Å²) in [4.78, 5) is 1.29. The van der Waals surface area contributed by atoms with E-state index in [1.807, 2.05) is 38.7 Å². The largest absolute Gasteiger partial charge is 0.319 e. The Labute approximate surface area is 159 Å². The van der Waals surface area contributed by atoms with Crippen molar-refractivity contribution >= 4 is 17.3 Å². The Morgan fingerprint density at radius 2 is 2.04 bits per heavy atom. The fourth-order valence-corrected chi connectivity index (χ4v) is 3.29. The van der Waals surface area contributed by atoms with Gasteiger partial charge in [-0.25, -0.2) is 0 Å². The van der Waals surface area contributed by atoms with Gasteiger partial charge in [0.25, 0.3) is 0 Å². The van der Waals surface area contributed by atoms with Crippen molar-refractivity contribution in [2.24, 2.45) is 5.92 Å². The molecule has 0 heterocycles. The van der Waals surface area contributed by atoms with Gasteiger partial charge in [-0.1, -0.05) is 62.3 Å². The van der Waals surface area contributed by atoms with Crippen molar-refractivity contribution in [2.45, 2.75) is 38.5 Å². The van der Waals surface area contributed by atoms with Gasteiger partial charge in [-0.05, 0) is 50.6 Å². The van der Waals surface area contributed by atoms with Crippen LogP contribution in [0.3, 0.4) is 0 Å². The zero-order valence-electron chi connectivity index (χ0n) is 16.2. The van der Waals surface area contributed by atoms with Crippen molar-refractivity contribution in [3.05, 3.63) is 60.7 Å². The average molecular weight is 356 g/mol. The lowest BCUT2D eigenvalue weighted by atomic mass is 9.92. The van der Waals surface area contributed by atoms with Crippen LogP contribution in [0.2, 0.25) is 0 Å². The average Bonchev–Trinajstić information content (AvgIpc) is 2.67. The van der Waals surface area contributed by atoms with Crippen LogP contribution in [0.1, 0.15) is 39.2 Å². The van der Waals surface area contributed by atoms with Crippen molar-refractivity contribution in [1.29, 1.82) is 0 Å². The number of rotatable bonds is 10. The first kappa shape index (κ1) is 23.3. The molecule has 2 heteroatoms. The summed E-state index contributed by atoms with van der Waals surface area (Å²) in [7, 11) is 1.96. The minimum absolute atomic E-state index is 0.0517. The molecule has 0 saturated heterocycles. The van der Waals surface area contributed by atoms with E-state index in [4.69, 9.17) is 6.42 Å². The van der Waals surface area contributed by atoms with E-state index in [9.17, 15) is 0 Å². The molecule has 1 aromatic carbocycles. The van der Waals surface area contributed by atoms with Gasteiger partial charge in [0.2, 0.25) is 0 Å². The summed E-state index contributed by atoms with van der Waals surface area (Å²) in [5, 5.41) is 3.18. The van der Waals surface area contributed by atoms with Gasteiger partial charge >= 0.3 is 0 Å². The van der Waals surface area contributed by atoms with E-state index in [-0.39, 0.29) is 5.92 Å². The van der Waals surface area contributed by atoms with Crippen LogP contribution >= 0.6 is 11.8 Å². The van der Waals surface area contributed by atoms with E-state index < -0.39 is 0 Å². The SMILES string of the molecule is C#CC(C=C)/C(=C/CCNC)c1ccccc1SCC/C=C\C.CC. The topological polar surface area (TPSA) is 12.0 Å². The molecule has 0 spiro atoms. The minimum Gasteiger partial charge on any atom is -0.319 e. The van der Waals surface area contributed by atoms with Crippen LogP contribution in [0.4, 0.5) is 0 Å². The molecule has 0 amide bonds. The van der Waals surface area contributed by atoms with Crippen LogP contribution in [0.15, 0.2) is 60.0 Å². The summed E-state index contributed by atoms with van der Waals surface area (Å²) < 4.78 is 0. The van der Waals surface area contributed by atoms with Crippen LogP contribution in [-0.4, -0.2) is 19.3 Å². The molecule has 1 atom stereocenters. The fraction of sp³-hybridized carbons (Fsp3) is 0.391. The van der Waals surface area contributed by atoms with Crippen LogP contribution < -0.4 is 5.32 Å². The smallest absolute Gasteiger partial charge is 0.0630 e. The number of allylic oxidation sites excluding steroid dienone is 4. The molecule has 0 aliphatic carbocycles. The monoisotopic (exact) mass is 355 g/mol. The van der Waals surface area contributed by atoms with Gasteiger partial charge in [0.15, 0.2) is 0 Å². The third-order valence-electron chi connectivity index (χ3n) is 3.48. The van der Waals surface area contributed by atoms with E-state index >= 15 is 0 Å². The number of nitrogens with one attached hydrogen (secondary N) is 1. The number of thioether (sulfide) groups is 1. The van der Waals surface area contributed by atoms with Gasteiger partial charge in [-0.3, -0.25) is 0 Å². The second-order valence-corrected chi connectivity index (χ2v) is 6.27. The predicted octanol–water partition coefficient (Wildman–Crippen LogP) is 6.20. The minimum atomic E-state index is -0.0517. The van der Waals surface area contributed by atoms with Crippen LogP contribution in [0, 0.1) is 18.3 Å². The van der Waals surface area contributed by atoms with Gasteiger partial charge in [0.1, 0.15) is 0 Å². The second kappa shape index (κ2) is 15.8. The normalized spacial score (nSPS) is 12.2. The number of benzene rings is 1. The Balaban J connectivity index is 0.00000277. The first-order valence-corrected chi connectivity index (χ1v) is 10.0. The Kier molecular flexibility index (Phi) is 14.7. The molecule has 1 aromatic rings. The summed E-state index contributed by atoms with van der Waals surface area (Å²) in [6.07, 6.45) is 16.2. The lowest BCUT2D eigenvalue weighted by Crippen LogP contribution is -2.07. The van der Waals surface area contributed by atoms with E-state index in [2.05, 4.69) is 67.2 Å². The van der Waals surface area contributed by atoms with Gasteiger partial charge in [-0.15, -0.1) is 24.8 Å². The Hall–Kier alpha value is -1.69. The third-order valence-corrected chi connectivity index (χ3v) is 4.59. The van der Waals surface area contributed by atoms with E-state index in [1.165, 1.54) is 16.0 Å². The summed E-state index contributed by atoms with van der Waals surface area (Å²) in [5.41, 5.74) is 2.42. The first-order chi connectivity index (χ1) is 12.3. The molecule has 0 aliphatic rings. The Bertz CT molecular complexity index is 578. The number of hydrogen-bond acceptors (Lipinski definition) is 2. The molecule has 25 heavy (non-hydrogen) atoms. The van der Waals surface area contributed by atoms with E-state index in [0.717, 1.165) is 25.1 Å². The molecular formula is C23H33NS. The van der Waals surface area contributed by atoms with E-state index in [0.29, 0.717) is 0 Å². The summed E-state index contributed by atoms with van der Waals surface area (Å²) in [6, 6.07) is 8.51. The van der Waals surface area contributed by atoms with Crippen molar-refractivity contribution in [1.82, 2.24) is 5.32 Å². The van der Waals surface area contributed by atoms with Crippen molar-refractivity contribution in [3.63, 3.8) is 0 Å². The molecule has 1 unspecified atom stereocenters. The maximum absolute atomic E-state index is 5.72. The zero-order chi connectivity index (χ0) is 18.9. The highest BCUT2D eigenvalue weighted by Gasteiger charge is 2.13. The maximum atomic E-state index is 5.72. The molecule has 0 aliphatic heterocycles. The van der Waals surface area contributed by atoms with Gasteiger partial charge in [-0.2, -0.15) is 0 Å². The molecule has 0 aromatic heterocycles. The highest BCUT2D eigenvalue weighted by atomic mass is 32.2. The quantitative estimate of drug-likeness (QED) is 0.232. The summed E-state index contributed by atoms with van der Waals surface area (Å²) >= 11 is 1.88. The van der Waals surface area contributed by atoms with Crippen molar-refractivity contribution in [2.75, 3.05) is 19.3 Å². The van der Waals surface area contributed by atoms with Crippen LogP contribution in [0.25, 0.3) is 5.57 Å². The van der Waals surface area contributed by atoms with Gasteiger partial charge in [0, 0.05) is 10.6 Å². The zero-order valence-corrected chi connectivity index (χ0v) is 17.0. The Morgan fingerprint density at radius 1 is 1.32 bits per heavy atom. The molecule has 0 fully saturated rings. The molecule has 1 N–H and O–H groups in total. The second-order valence-electron chi connectivity index (χ2n) is 5.13. The lowest BCUT2D eigenvalue weighted by molar-refractivity contribution is 0.806. The number of terminal acetylenes is 1. The highest BCUT2D eigenvalue weighted by molar-refractivity contribution is 7.99. The van der Waals surface area contributed by atoms with Crippen molar-refractivity contribution in [3.8, 4) is 12.3 Å². The predicted molar refractivity (Wildman–Crippen MR) is 117 cm³/mol. The molecular weight excluding hydrogens is 322 g/mol. The molecule has 1 rings (SSSR count). The lowest BCUT2D eigenvalue weighted by Gasteiger charge is -2.16. The van der Waals surface area contributed by atoms with Crippen LogP contribution in [-0.2, 0) is 0 Å². The highest BCUT2D eigenvalue weighted by Crippen LogP contribution is 2.33. The van der Waals surface area contributed by atoms with E-state index in [1.54, 1.807) is 0 Å². The first-order valence-electron chi connectivity index (χ1n) is 9.05.